The van der Waals surface area contributed by atoms with Crippen LogP contribution in [0.1, 0.15) is 11.5 Å². The third kappa shape index (κ3) is 5.62. The van der Waals surface area contributed by atoms with Crippen molar-refractivity contribution in [2.24, 2.45) is 0 Å². The van der Waals surface area contributed by atoms with E-state index in [-0.39, 0.29) is 18.2 Å². The molecule has 1 amide bonds. The highest BCUT2D eigenvalue weighted by Gasteiger charge is 2.12. The normalized spacial score (nSPS) is 10.8. The van der Waals surface area contributed by atoms with E-state index >= 15 is 0 Å². The highest BCUT2D eigenvalue weighted by Crippen LogP contribution is 2.25. The van der Waals surface area contributed by atoms with E-state index in [0.717, 1.165) is 5.56 Å². The van der Waals surface area contributed by atoms with Crippen LogP contribution in [0.4, 0.5) is 0 Å². The van der Waals surface area contributed by atoms with Crippen molar-refractivity contribution >= 4 is 52.5 Å². The standard InChI is InChI=1S/C18H14Cl3N3O2S/c19-12-6-5-11(15(21)7-12)9-27-10-16(25)22-8-17-23-18(24-26-17)13-3-1-2-4-14(13)20/h1-7H,8-10H2,(H,22,25). The molecule has 1 heterocycles. The molecule has 3 rings (SSSR count). The first kappa shape index (κ1) is 20.0. The maximum absolute atomic E-state index is 12.0. The fourth-order valence-corrected chi connectivity index (χ4v) is 3.83. The van der Waals surface area contributed by atoms with Crippen molar-refractivity contribution in [2.75, 3.05) is 5.75 Å². The van der Waals surface area contributed by atoms with Crippen molar-refractivity contribution in [3.63, 3.8) is 0 Å². The summed E-state index contributed by atoms with van der Waals surface area (Å²) in [6.45, 7) is 0.151. The van der Waals surface area contributed by atoms with Crippen LogP contribution in [0.5, 0.6) is 0 Å². The van der Waals surface area contributed by atoms with Gasteiger partial charge in [0.2, 0.25) is 17.6 Å². The van der Waals surface area contributed by atoms with Crippen LogP contribution in [-0.4, -0.2) is 21.8 Å². The van der Waals surface area contributed by atoms with Crippen LogP contribution < -0.4 is 5.32 Å². The average Bonchev–Trinajstić information content (AvgIpc) is 3.11. The first-order valence-corrected chi connectivity index (χ1v) is 10.2. The van der Waals surface area contributed by atoms with Gasteiger partial charge in [0.1, 0.15) is 0 Å². The number of amides is 1. The Kier molecular flexibility index (Phi) is 7.01. The number of benzene rings is 2. The molecule has 27 heavy (non-hydrogen) atoms. The molecule has 140 valence electrons. The molecule has 0 saturated heterocycles. The monoisotopic (exact) mass is 441 g/mol. The predicted molar refractivity (Wildman–Crippen MR) is 109 cm³/mol. The van der Waals surface area contributed by atoms with Gasteiger partial charge in [-0.3, -0.25) is 4.79 Å². The lowest BCUT2D eigenvalue weighted by Gasteiger charge is -2.05. The van der Waals surface area contributed by atoms with Gasteiger partial charge in [-0.2, -0.15) is 4.98 Å². The molecule has 3 aromatic rings. The minimum Gasteiger partial charge on any atom is -0.346 e. The zero-order valence-electron chi connectivity index (χ0n) is 13.9. The van der Waals surface area contributed by atoms with Crippen molar-refractivity contribution in [3.05, 3.63) is 69.0 Å². The number of carbonyl (C=O) groups is 1. The van der Waals surface area contributed by atoms with Gasteiger partial charge in [0.25, 0.3) is 0 Å². The molecule has 0 aliphatic heterocycles. The predicted octanol–water partition coefficient (Wildman–Crippen LogP) is 5.25. The summed E-state index contributed by atoms with van der Waals surface area (Å²) in [5.41, 5.74) is 1.61. The highest BCUT2D eigenvalue weighted by molar-refractivity contribution is 7.99. The number of nitrogens with one attached hydrogen (secondary N) is 1. The molecule has 0 bridgehead atoms. The fraction of sp³-hybridized carbons (Fsp3) is 0.167. The van der Waals surface area contributed by atoms with E-state index in [9.17, 15) is 4.79 Å². The Bertz CT molecular complexity index is 949. The first-order valence-electron chi connectivity index (χ1n) is 7.89. The van der Waals surface area contributed by atoms with Crippen LogP contribution in [0, 0.1) is 0 Å². The second-order valence-electron chi connectivity index (χ2n) is 5.50. The number of hydrogen-bond acceptors (Lipinski definition) is 5. The van der Waals surface area contributed by atoms with E-state index in [1.54, 1.807) is 24.3 Å². The molecule has 0 unspecified atom stereocenters. The number of carbonyl (C=O) groups excluding carboxylic acids is 1. The molecule has 0 fully saturated rings. The number of nitrogens with zero attached hydrogens (tertiary/aromatic N) is 2. The number of halogens is 3. The van der Waals surface area contributed by atoms with Crippen LogP contribution in [0.15, 0.2) is 47.0 Å². The van der Waals surface area contributed by atoms with Gasteiger partial charge in [-0.25, -0.2) is 0 Å². The molecule has 0 atom stereocenters. The second-order valence-corrected chi connectivity index (χ2v) is 7.73. The average molecular weight is 443 g/mol. The van der Waals surface area contributed by atoms with Crippen molar-refractivity contribution in [2.45, 2.75) is 12.3 Å². The van der Waals surface area contributed by atoms with Crippen LogP contribution in [0.25, 0.3) is 11.4 Å². The summed E-state index contributed by atoms with van der Waals surface area (Å²) < 4.78 is 5.15. The first-order chi connectivity index (χ1) is 13.0. The zero-order chi connectivity index (χ0) is 19.2. The van der Waals surface area contributed by atoms with Crippen molar-refractivity contribution in [3.8, 4) is 11.4 Å². The minimum absolute atomic E-state index is 0.137. The minimum atomic E-state index is -0.137. The summed E-state index contributed by atoms with van der Waals surface area (Å²) in [6, 6.07) is 12.5. The van der Waals surface area contributed by atoms with Gasteiger partial charge in [-0.1, -0.05) is 58.2 Å². The molecular formula is C18H14Cl3N3O2S. The molecule has 0 saturated carbocycles. The molecule has 1 aromatic heterocycles. The van der Waals surface area contributed by atoms with Crippen LogP contribution in [0.2, 0.25) is 15.1 Å². The van der Waals surface area contributed by atoms with Crippen molar-refractivity contribution in [1.82, 2.24) is 15.5 Å². The molecule has 0 aliphatic rings. The lowest BCUT2D eigenvalue weighted by atomic mass is 10.2. The molecule has 0 spiro atoms. The topological polar surface area (TPSA) is 68.0 Å². The van der Waals surface area contributed by atoms with Gasteiger partial charge in [0.05, 0.1) is 17.3 Å². The van der Waals surface area contributed by atoms with Crippen LogP contribution in [0.3, 0.4) is 0 Å². The van der Waals surface area contributed by atoms with Gasteiger partial charge >= 0.3 is 0 Å². The van der Waals surface area contributed by atoms with E-state index in [0.29, 0.717) is 38.1 Å². The molecule has 0 radical (unpaired) electrons. The highest BCUT2D eigenvalue weighted by atomic mass is 35.5. The van der Waals surface area contributed by atoms with Crippen molar-refractivity contribution < 1.29 is 9.32 Å². The second kappa shape index (κ2) is 9.46. The summed E-state index contributed by atoms with van der Waals surface area (Å²) in [6.07, 6.45) is 0. The van der Waals surface area contributed by atoms with E-state index in [2.05, 4.69) is 15.5 Å². The Labute approximate surface area is 175 Å². The summed E-state index contributed by atoms with van der Waals surface area (Å²) in [4.78, 5) is 16.2. The Morgan fingerprint density at radius 2 is 1.93 bits per heavy atom. The van der Waals surface area contributed by atoms with Crippen LogP contribution >= 0.6 is 46.6 Å². The number of aromatic nitrogens is 2. The van der Waals surface area contributed by atoms with E-state index in [4.69, 9.17) is 39.3 Å². The fourth-order valence-electron chi connectivity index (χ4n) is 2.20. The number of hydrogen-bond donors (Lipinski definition) is 1. The molecule has 1 N–H and O–H groups in total. The third-order valence-electron chi connectivity index (χ3n) is 3.53. The van der Waals surface area contributed by atoms with Gasteiger partial charge in [-0.05, 0) is 29.8 Å². The van der Waals surface area contributed by atoms with Gasteiger partial charge < -0.3 is 9.84 Å². The maximum Gasteiger partial charge on any atom is 0.246 e. The molecule has 5 nitrogen and oxygen atoms in total. The number of thioether (sulfide) groups is 1. The quantitative estimate of drug-likeness (QED) is 0.541. The third-order valence-corrected chi connectivity index (χ3v) is 5.42. The van der Waals surface area contributed by atoms with Crippen LogP contribution in [-0.2, 0) is 17.1 Å². The van der Waals surface area contributed by atoms with E-state index < -0.39 is 0 Å². The summed E-state index contributed by atoms with van der Waals surface area (Å²) in [5, 5.41) is 8.35. The Morgan fingerprint density at radius 3 is 2.70 bits per heavy atom. The van der Waals surface area contributed by atoms with E-state index in [1.165, 1.54) is 11.8 Å². The van der Waals surface area contributed by atoms with Crippen molar-refractivity contribution in [1.29, 1.82) is 0 Å². The Balaban J connectivity index is 1.46. The van der Waals surface area contributed by atoms with Gasteiger partial charge in [0, 0.05) is 21.4 Å². The smallest absolute Gasteiger partial charge is 0.246 e. The summed E-state index contributed by atoms with van der Waals surface area (Å²) in [7, 11) is 0. The summed E-state index contributed by atoms with van der Waals surface area (Å²) in [5.74, 6) is 1.45. The molecular weight excluding hydrogens is 429 g/mol. The van der Waals surface area contributed by atoms with Gasteiger partial charge in [0.15, 0.2) is 0 Å². The lowest BCUT2D eigenvalue weighted by molar-refractivity contribution is -0.118. The molecule has 9 heteroatoms. The Morgan fingerprint density at radius 1 is 1.11 bits per heavy atom. The largest absolute Gasteiger partial charge is 0.346 e. The molecule has 0 aliphatic carbocycles. The number of rotatable bonds is 7. The van der Waals surface area contributed by atoms with E-state index in [1.807, 2.05) is 18.2 Å². The maximum atomic E-state index is 12.0. The lowest BCUT2D eigenvalue weighted by Crippen LogP contribution is -2.24. The zero-order valence-corrected chi connectivity index (χ0v) is 17.0. The SMILES string of the molecule is O=C(CSCc1ccc(Cl)cc1Cl)NCc1nc(-c2ccccc2Cl)no1. The Hall–Kier alpha value is -1.73. The van der Waals surface area contributed by atoms with Gasteiger partial charge in [-0.15, -0.1) is 11.8 Å². The molecule has 2 aromatic carbocycles. The summed E-state index contributed by atoms with van der Waals surface area (Å²) >= 11 is 19.5.